The maximum Gasteiger partial charge on any atom is 0.294 e. The van der Waals surface area contributed by atoms with Gasteiger partial charge in [-0.1, -0.05) is 22.9 Å². The molecule has 1 atom stereocenters. The van der Waals surface area contributed by atoms with Gasteiger partial charge in [0.25, 0.3) is 11.1 Å². The van der Waals surface area contributed by atoms with E-state index in [0.717, 1.165) is 45.4 Å². The molecular formula is C27H30BrN3O4S. The second-order valence-electron chi connectivity index (χ2n) is 9.64. The monoisotopic (exact) mass is 571 g/mol. The van der Waals surface area contributed by atoms with Gasteiger partial charge in [0.1, 0.15) is 12.3 Å². The standard InChI is InChI=1S/C27H30BrN3O4S/c1-6-31-21-13-22(35-5)17(11-20(21)16(2)14-27(31,3)4)12-23-25(33)30(26(34)36-23)15-24(32)29-19-9-7-18(28)8-10-19/h7-13,16H,6,14-15H2,1-5H3,(H,29,32)/b23-12+. The molecule has 0 aromatic heterocycles. The molecule has 0 aliphatic carbocycles. The first-order valence-corrected chi connectivity index (χ1v) is 13.5. The maximum atomic E-state index is 13.1. The fourth-order valence-corrected chi connectivity index (χ4v) is 6.16. The number of imide groups is 1. The molecule has 4 rings (SSSR count). The van der Waals surface area contributed by atoms with Crippen LogP contribution in [-0.2, 0) is 9.59 Å². The minimum absolute atomic E-state index is 0.0210. The summed E-state index contributed by atoms with van der Waals surface area (Å²) in [4.78, 5) is 41.8. The van der Waals surface area contributed by atoms with Gasteiger partial charge in [-0.15, -0.1) is 0 Å². The van der Waals surface area contributed by atoms with Crippen LogP contribution in [0, 0.1) is 0 Å². The molecule has 1 fully saturated rings. The number of methoxy groups -OCH3 is 1. The number of anilines is 2. The topological polar surface area (TPSA) is 79.0 Å². The zero-order chi connectivity index (χ0) is 26.2. The fraction of sp³-hybridized carbons (Fsp3) is 0.370. The van der Waals surface area contributed by atoms with E-state index < -0.39 is 17.1 Å². The smallest absolute Gasteiger partial charge is 0.294 e. The minimum Gasteiger partial charge on any atom is -0.496 e. The lowest BCUT2D eigenvalue weighted by Gasteiger charge is -2.47. The number of thioether (sulfide) groups is 1. The molecule has 36 heavy (non-hydrogen) atoms. The normalized spacial score (nSPS) is 20.1. The number of nitrogens with zero attached hydrogens (tertiary/aromatic N) is 2. The summed E-state index contributed by atoms with van der Waals surface area (Å²) in [7, 11) is 1.60. The lowest BCUT2D eigenvalue weighted by atomic mass is 9.79. The molecule has 1 saturated heterocycles. The summed E-state index contributed by atoms with van der Waals surface area (Å²) in [5.41, 5.74) is 3.67. The SMILES string of the molecule is CCN1c2cc(OC)c(/C=C3/SC(=O)N(CC(=O)Nc4ccc(Br)cc4)C3=O)cc2C(C)CC1(C)C. The van der Waals surface area contributed by atoms with Crippen molar-refractivity contribution in [3.05, 3.63) is 56.9 Å². The molecule has 0 bridgehead atoms. The first kappa shape index (κ1) is 26.3. The van der Waals surface area contributed by atoms with E-state index in [1.54, 1.807) is 37.5 Å². The van der Waals surface area contributed by atoms with Crippen LogP contribution in [0.4, 0.5) is 16.2 Å². The number of benzene rings is 2. The van der Waals surface area contributed by atoms with Crippen molar-refractivity contribution in [2.24, 2.45) is 0 Å². The predicted molar refractivity (Wildman–Crippen MR) is 149 cm³/mol. The van der Waals surface area contributed by atoms with Gasteiger partial charge in [0.2, 0.25) is 5.91 Å². The molecule has 2 aromatic carbocycles. The van der Waals surface area contributed by atoms with Crippen LogP contribution < -0.4 is 15.0 Å². The third kappa shape index (κ3) is 5.18. The molecule has 2 aliphatic rings. The molecule has 9 heteroatoms. The molecule has 190 valence electrons. The number of carbonyl (C=O) groups is 3. The predicted octanol–water partition coefficient (Wildman–Crippen LogP) is 6.24. The van der Waals surface area contributed by atoms with Gasteiger partial charge in [-0.3, -0.25) is 19.3 Å². The van der Waals surface area contributed by atoms with E-state index in [1.165, 1.54) is 5.56 Å². The van der Waals surface area contributed by atoms with Crippen molar-refractivity contribution in [1.82, 2.24) is 4.90 Å². The highest BCUT2D eigenvalue weighted by Crippen LogP contribution is 2.46. The highest BCUT2D eigenvalue weighted by Gasteiger charge is 2.38. The summed E-state index contributed by atoms with van der Waals surface area (Å²) in [5, 5.41) is 2.24. The molecule has 2 heterocycles. The van der Waals surface area contributed by atoms with Crippen LogP contribution in [-0.4, -0.2) is 47.7 Å². The summed E-state index contributed by atoms with van der Waals surface area (Å²) in [5.74, 6) is 0.0357. The molecule has 0 spiro atoms. The Balaban J connectivity index is 1.58. The van der Waals surface area contributed by atoms with Crippen LogP contribution in [0.3, 0.4) is 0 Å². The molecule has 3 amide bonds. The lowest BCUT2D eigenvalue weighted by Crippen LogP contribution is -2.48. The van der Waals surface area contributed by atoms with Gasteiger partial charge in [0.15, 0.2) is 0 Å². The van der Waals surface area contributed by atoms with Crippen molar-refractivity contribution in [3.8, 4) is 5.75 Å². The zero-order valence-electron chi connectivity index (χ0n) is 21.1. The highest BCUT2D eigenvalue weighted by molar-refractivity contribution is 9.10. The number of fused-ring (bicyclic) bond motifs is 1. The average Bonchev–Trinajstić information content (AvgIpc) is 3.07. The van der Waals surface area contributed by atoms with Crippen LogP contribution in [0.25, 0.3) is 6.08 Å². The quantitative estimate of drug-likeness (QED) is 0.413. The molecule has 0 radical (unpaired) electrons. The first-order valence-electron chi connectivity index (χ1n) is 11.8. The van der Waals surface area contributed by atoms with E-state index in [4.69, 9.17) is 4.74 Å². The summed E-state index contributed by atoms with van der Waals surface area (Å²) in [6, 6.07) is 11.2. The van der Waals surface area contributed by atoms with Gasteiger partial charge in [-0.05, 0) is 86.8 Å². The van der Waals surface area contributed by atoms with Crippen molar-refractivity contribution >= 4 is 62.2 Å². The van der Waals surface area contributed by atoms with Gasteiger partial charge in [0, 0.05) is 39.6 Å². The summed E-state index contributed by atoms with van der Waals surface area (Å²) >= 11 is 4.18. The maximum absolute atomic E-state index is 13.1. The number of hydrogen-bond acceptors (Lipinski definition) is 6. The number of hydrogen-bond donors (Lipinski definition) is 1. The van der Waals surface area contributed by atoms with E-state index in [0.29, 0.717) is 17.4 Å². The van der Waals surface area contributed by atoms with Crippen molar-refractivity contribution in [1.29, 1.82) is 0 Å². The molecule has 1 N–H and O–H groups in total. The number of carbonyl (C=O) groups excluding carboxylic acids is 3. The van der Waals surface area contributed by atoms with Crippen LogP contribution in [0.5, 0.6) is 5.75 Å². The third-order valence-corrected chi connectivity index (χ3v) is 8.08. The van der Waals surface area contributed by atoms with E-state index in [9.17, 15) is 14.4 Å². The summed E-state index contributed by atoms with van der Waals surface area (Å²) < 4.78 is 6.57. The Morgan fingerprint density at radius 3 is 2.58 bits per heavy atom. The highest BCUT2D eigenvalue weighted by atomic mass is 79.9. The summed E-state index contributed by atoms with van der Waals surface area (Å²) in [6.07, 6.45) is 2.70. The van der Waals surface area contributed by atoms with E-state index in [2.05, 4.69) is 59.9 Å². The number of rotatable bonds is 6. The Labute approximate surface area is 224 Å². The van der Waals surface area contributed by atoms with E-state index >= 15 is 0 Å². The third-order valence-electron chi connectivity index (χ3n) is 6.64. The Morgan fingerprint density at radius 1 is 1.25 bits per heavy atom. The first-order chi connectivity index (χ1) is 17.0. The Bertz CT molecular complexity index is 1240. The molecule has 2 aromatic rings. The Kier molecular flexibility index (Phi) is 7.52. The van der Waals surface area contributed by atoms with Crippen molar-refractivity contribution < 1.29 is 19.1 Å². The van der Waals surface area contributed by atoms with Crippen molar-refractivity contribution in [2.45, 2.75) is 45.6 Å². The second-order valence-corrected chi connectivity index (χ2v) is 11.5. The van der Waals surface area contributed by atoms with E-state index in [1.807, 2.05) is 6.07 Å². The molecule has 1 unspecified atom stereocenters. The molecule has 0 saturated carbocycles. The van der Waals surface area contributed by atoms with Gasteiger partial charge >= 0.3 is 0 Å². The Morgan fingerprint density at radius 2 is 1.94 bits per heavy atom. The lowest BCUT2D eigenvalue weighted by molar-refractivity contribution is -0.127. The van der Waals surface area contributed by atoms with Crippen LogP contribution >= 0.6 is 27.7 Å². The zero-order valence-corrected chi connectivity index (χ0v) is 23.5. The number of amides is 3. The van der Waals surface area contributed by atoms with Crippen LogP contribution in [0.15, 0.2) is 45.8 Å². The average molecular weight is 573 g/mol. The number of ether oxygens (including phenoxy) is 1. The van der Waals surface area contributed by atoms with Crippen molar-refractivity contribution in [3.63, 3.8) is 0 Å². The van der Waals surface area contributed by atoms with E-state index in [-0.39, 0.29) is 17.0 Å². The largest absolute Gasteiger partial charge is 0.496 e. The summed E-state index contributed by atoms with van der Waals surface area (Å²) in [6.45, 7) is 9.37. The minimum atomic E-state index is -0.486. The molecule has 7 nitrogen and oxygen atoms in total. The van der Waals surface area contributed by atoms with Gasteiger partial charge in [-0.25, -0.2) is 0 Å². The van der Waals surface area contributed by atoms with Gasteiger partial charge in [0.05, 0.1) is 12.0 Å². The van der Waals surface area contributed by atoms with Gasteiger partial charge < -0.3 is 15.0 Å². The second kappa shape index (κ2) is 10.3. The molecule has 2 aliphatic heterocycles. The Hall–Kier alpha value is -2.78. The van der Waals surface area contributed by atoms with Gasteiger partial charge in [-0.2, -0.15) is 0 Å². The number of nitrogens with one attached hydrogen (secondary N) is 1. The number of halogens is 1. The molecular weight excluding hydrogens is 542 g/mol. The fourth-order valence-electron chi connectivity index (χ4n) is 5.07. The van der Waals surface area contributed by atoms with Crippen LogP contribution in [0.2, 0.25) is 0 Å². The van der Waals surface area contributed by atoms with Crippen LogP contribution in [0.1, 0.15) is 51.2 Å². The van der Waals surface area contributed by atoms with Crippen molar-refractivity contribution in [2.75, 3.05) is 30.4 Å².